The highest BCUT2D eigenvalue weighted by Crippen LogP contribution is 2.17. The average molecular weight is 286 g/mol. The van der Waals surface area contributed by atoms with Crippen LogP contribution >= 0.6 is 0 Å². The van der Waals surface area contributed by atoms with E-state index in [2.05, 4.69) is 32.2 Å². The van der Waals surface area contributed by atoms with Gasteiger partial charge in [0, 0.05) is 30.4 Å². The number of fused-ring (bicyclic) bond motifs is 1. The Morgan fingerprint density at radius 3 is 2.67 bits per heavy atom. The standard InChI is InChI=1S/C18H26N2O/c1-13(2)6-5-7-14(3)19-18(21)16-9-8-15-10-11-20(4)17(15)12-16/h8-14H,5-7H2,1-4H3,(H,19,21)/t14-/m1/s1. The van der Waals surface area contributed by atoms with Crippen molar-refractivity contribution in [1.82, 2.24) is 9.88 Å². The number of amides is 1. The van der Waals surface area contributed by atoms with Crippen molar-refractivity contribution in [3.8, 4) is 0 Å². The van der Waals surface area contributed by atoms with E-state index in [1.165, 1.54) is 11.8 Å². The van der Waals surface area contributed by atoms with E-state index in [9.17, 15) is 4.79 Å². The summed E-state index contributed by atoms with van der Waals surface area (Å²) in [5.74, 6) is 0.753. The number of carbonyl (C=O) groups excluding carboxylic acids is 1. The molecule has 0 radical (unpaired) electrons. The molecule has 1 aromatic heterocycles. The number of nitrogens with one attached hydrogen (secondary N) is 1. The van der Waals surface area contributed by atoms with Gasteiger partial charge in [0.05, 0.1) is 0 Å². The van der Waals surface area contributed by atoms with E-state index in [1.807, 2.05) is 36.0 Å². The minimum Gasteiger partial charge on any atom is -0.351 e. The minimum absolute atomic E-state index is 0.0233. The highest BCUT2D eigenvalue weighted by molar-refractivity contribution is 5.98. The Balaban J connectivity index is 1.96. The zero-order valence-corrected chi connectivity index (χ0v) is 13.5. The average Bonchev–Trinajstić information content (AvgIpc) is 2.79. The summed E-state index contributed by atoms with van der Waals surface area (Å²) < 4.78 is 2.04. The summed E-state index contributed by atoms with van der Waals surface area (Å²) in [6, 6.07) is 8.16. The van der Waals surface area contributed by atoms with Crippen LogP contribution in [0.4, 0.5) is 0 Å². The number of hydrogen-bond acceptors (Lipinski definition) is 1. The molecule has 3 nitrogen and oxygen atoms in total. The largest absolute Gasteiger partial charge is 0.351 e. The van der Waals surface area contributed by atoms with Gasteiger partial charge in [0.1, 0.15) is 0 Å². The van der Waals surface area contributed by atoms with Crippen molar-refractivity contribution < 1.29 is 4.79 Å². The smallest absolute Gasteiger partial charge is 0.251 e. The maximum atomic E-state index is 12.3. The fraction of sp³-hybridized carbons (Fsp3) is 0.500. The molecule has 0 fully saturated rings. The summed E-state index contributed by atoms with van der Waals surface area (Å²) in [6.45, 7) is 6.55. The molecular weight excluding hydrogens is 260 g/mol. The number of aromatic nitrogens is 1. The second kappa shape index (κ2) is 6.79. The molecule has 2 aromatic rings. The normalized spacial score (nSPS) is 12.8. The maximum Gasteiger partial charge on any atom is 0.251 e. The van der Waals surface area contributed by atoms with Crippen molar-refractivity contribution in [3.05, 3.63) is 36.0 Å². The van der Waals surface area contributed by atoms with Gasteiger partial charge in [0.25, 0.3) is 5.91 Å². The maximum absolute atomic E-state index is 12.3. The Bertz CT molecular complexity index is 613. The van der Waals surface area contributed by atoms with Gasteiger partial charge in [-0.15, -0.1) is 0 Å². The first-order valence-corrected chi connectivity index (χ1v) is 7.83. The molecule has 1 heterocycles. The van der Waals surface area contributed by atoms with Crippen molar-refractivity contribution in [2.45, 2.75) is 46.1 Å². The summed E-state index contributed by atoms with van der Waals surface area (Å²) in [7, 11) is 2.00. The number of rotatable bonds is 6. The van der Waals surface area contributed by atoms with Crippen LogP contribution in [0.2, 0.25) is 0 Å². The van der Waals surface area contributed by atoms with E-state index in [1.54, 1.807) is 0 Å². The molecule has 0 aliphatic carbocycles. The number of nitrogens with zero attached hydrogens (tertiary/aromatic N) is 1. The van der Waals surface area contributed by atoms with Gasteiger partial charge in [0.15, 0.2) is 0 Å². The van der Waals surface area contributed by atoms with Crippen LogP contribution in [0.3, 0.4) is 0 Å². The molecule has 1 aromatic carbocycles. The van der Waals surface area contributed by atoms with Gasteiger partial charge >= 0.3 is 0 Å². The summed E-state index contributed by atoms with van der Waals surface area (Å²) in [5.41, 5.74) is 1.83. The minimum atomic E-state index is 0.0233. The number of aryl methyl sites for hydroxylation is 1. The third kappa shape index (κ3) is 4.10. The van der Waals surface area contributed by atoms with Crippen molar-refractivity contribution in [2.75, 3.05) is 0 Å². The Morgan fingerprint density at radius 1 is 1.19 bits per heavy atom. The van der Waals surface area contributed by atoms with Crippen LogP contribution in [0.5, 0.6) is 0 Å². The monoisotopic (exact) mass is 286 g/mol. The van der Waals surface area contributed by atoms with Crippen LogP contribution < -0.4 is 5.32 Å². The lowest BCUT2D eigenvalue weighted by atomic mass is 10.0. The van der Waals surface area contributed by atoms with Gasteiger partial charge in [-0.25, -0.2) is 0 Å². The van der Waals surface area contributed by atoms with Crippen LogP contribution in [0, 0.1) is 5.92 Å². The van der Waals surface area contributed by atoms with Gasteiger partial charge in [-0.05, 0) is 42.8 Å². The summed E-state index contributed by atoms with van der Waals surface area (Å²) in [4.78, 5) is 12.3. The number of hydrogen-bond donors (Lipinski definition) is 1. The quantitative estimate of drug-likeness (QED) is 0.851. The lowest BCUT2D eigenvalue weighted by molar-refractivity contribution is 0.0938. The Morgan fingerprint density at radius 2 is 1.95 bits per heavy atom. The van der Waals surface area contributed by atoms with Crippen molar-refractivity contribution in [2.24, 2.45) is 13.0 Å². The van der Waals surface area contributed by atoms with Gasteiger partial charge in [-0.2, -0.15) is 0 Å². The summed E-state index contributed by atoms with van der Waals surface area (Å²) >= 11 is 0. The summed E-state index contributed by atoms with van der Waals surface area (Å²) in [5, 5.41) is 4.26. The molecule has 21 heavy (non-hydrogen) atoms. The molecule has 1 amide bonds. The van der Waals surface area contributed by atoms with E-state index < -0.39 is 0 Å². The third-order valence-corrected chi connectivity index (χ3v) is 3.95. The van der Waals surface area contributed by atoms with Crippen molar-refractivity contribution >= 4 is 16.8 Å². The molecule has 1 atom stereocenters. The van der Waals surface area contributed by atoms with Crippen LogP contribution in [-0.2, 0) is 7.05 Å². The zero-order chi connectivity index (χ0) is 15.4. The third-order valence-electron chi connectivity index (χ3n) is 3.95. The fourth-order valence-electron chi connectivity index (χ4n) is 2.62. The van der Waals surface area contributed by atoms with Gasteiger partial charge in [-0.1, -0.05) is 32.8 Å². The molecule has 114 valence electrons. The predicted octanol–water partition coefficient (Wildman–Crippen LogP) is 4.12. The number of benzene rings is 1. The fourth-order valence-corrected chi connectivity index (χ4v) is 2.62. The zero-order valence-electron chi connectivity index (χ0n) is 13.5. The number of carbonyl (C=O) groups is 1. The van der Waals surface area contributed by atoms with Gasteiger partial charge < -0.3 is 9.88 Å². The van der Waals surface area contributed by atoms with Gasteiger partial charge in [-0.3, -0.25) is 4.79 Å². The highest BCUT2D eigenvalue weighted by atomic mass is 16.1. The highest BCUT2D eigenvalue weighted by Gasteiger charge is 2.11. The molecule has 1 N–H and O–H groups in total. The van der Waals surface area contributed by atoms with Crippen LogP contribution in [0.25, 0.3) is 10.9 Å². The lowest BCUT2D eigenvalue weighted by Crippen LogP contribution is -2.32. The molecule has 0 aliphatic heterocycles. The van der Waals surface area contributed by atoms with E-state index in [-0.39, 0.29) is 11.9 Å². The van der Waals surface area contributed by atoms with E-state index in [4.69, 9.17) is 0 Å². The van der Waals surface area contributed by atoms with Crippen LogP contribution in [-0.4, -0.2) is 16.5 Å². The SMILES string of the molecule is CC(C)CCC[C@@H](C)NC(=O)c1ccc2ccn(C)c2c1. The molecule has 0 saturated carbocycles. The Labute approximate surface area is 127 Å². The topological polar surface area (TPSA) is 34.0 Å². The molecule has 0 aliphatic rings. The van der Waals surface area contributed by atoms with Crippen molar-refractivity contribution in [1.29, 1.82) is 0 Å². The van der Waals surface area contributed by atoms with E-state index in [0.29, 0.717) is 0 Å². The first-order chi connectivity index (χ1) is 9.97. The summed E-state index contributed by atoms with van der Waals surface area (Å²) in [6.07, 6.45) is 5.43. The molecule has 2 rings (SSSR count). The Kier molecular flexibility index (Phi) is 5.05. The first-order valence-electron chi connectivity index (χ1n) is 7.83. The molecular formula is C18H26N2O. The van der Waals surface area contributed by atoms with Gasteiger partial charge in [0.2, 0.25) is 0 Å². The predicted molar refractivity (Wildman–Crippen MR) is 88.5 cm³/mol. The van der Waals surface area contributed by atoms with Crippen LogP contribution in [0.1, 0.15) is 50.4 Å². The molecule has 3 heteroatoms. The van der Waals surface area contributed by atoms with E-state index >= 15 is 0 Å². The second-order valence-electron chi connectivity index (χ2n) is 6.40. The molecule has 0 bridgehead atoms. The van der Waals surface area contributed by atoms with Crippen molar-refractivity contribution in [3.63, 3.8) is 0 Å². The lowest BCUT2D eigenvalue weighted by Gasteiger charge is -2.14. The first kappa shape index (κ1) is 15.6. The van der Waals surface area contributed by atoms with Crippen LogP contribution in [0.15, 0.2) is 30.5 Å². The molecule has 0 saturated heterocycles. The second-order valence-corrected chi connectivity index (χ2v) is 6.40. The van der Waals surface area contributed by atoms with E-state index in [0.717, 1.165) is 29.8 Å². The molecule has 0 unspecified atom stereocenters. The molecule has 0 spiro atoms. The Hall–Kier alpha value is -1.77.